The second-order valence-corrected chi connectivity index (χ2v) is 0.250. The Bertz CT molecular complexity index is 34.0. The first-order valence-electron chi connectivity index (χ1n) is 0.408. The molecule has 1 N–H and O–H groups in total. The first-order chi connectivity index (χ1) is 1.41. The van der Waals surface area contributed by atoms with E-state index in [1.54, 1.807) is 0 Å². The van der Waals surface area contributed by atoms with Crippen LogP contribution in [0.5, 0.6) is 0 Å². The van der Waals surface area contributed by atoms with Crippen LogP contribution >= 0.6 is 0 Å². The Hall–Kier alpha value is 1.07. The first-order valence-corrected chi connectivity index (χ1v) is 1.22. The van der Waals surface area contributed by atoms with Crippen LogP contribution in [-0.2, 0) is 51.6 Å². The monoisotopic (exact) mass is 242 g/mol. The van der Waals surface area contributed by atoms with E-state index in [4.69, 9.17) is 8.92 Å². The summed E-state index contributed by atoms with van der Waals surface area (Å²) >= 11 is 0. The van der Waals surface area contributed by atoms with Gasteiger partial charge in [0.05, 0.1) is 0 Å². The Morgan fingerprint density at radius 2 is 0.889 bits per heavy atom. The fourth-order valence-electron chi connectivity index (χ4n) is 0. The predicted molar refractivity (Wildman–Crippen MR) is 16.9 cm³/mol. The Balaban J connectivity index is -0.00000000133. The second kappa shape index (κ2) is 138. The van der Waals surface area contributed by atoms with Crippen LogP contribution < -0.4 is 0 Å². The van der Waals surface area contributed by atoms with Gasteiger partial charge in [-0.25, -0.2) is 0 Å². The molecule has 9 heteroatoms. The van der Waals surface area contributed by atoms with Crippen molar-refractivity contribution in [3.63, 3.8) is 0 Å². The molecule has 0 rings (SSSR count). The van der Waals surface area contributed by atoms with E-state index in [1.165, 1.54) is 0 Å². The van der Waals surface area contributed by atoms with Crippen LogP contribution in [0.2, 0.25) is 0 Å². The summed E-state index contributed by atoms with van der Waals surface area (Å²) in [5.74, 6) is 0. The molecule has 0 fully saturated rings. The molecule has 0 aromatic carbocycles. The Kier molecular flexibility index (Phi) is 1340. The van der Waals surface area contributed by atoms with Crippen LogP contribution in [0, 0.1) is 0 Å². The summed E-state index contributed by atoms with van der Waals surface area (Å²) in [6, 6.07) is 0. The van der Waals surface area contributed by atoms with Gasteiger partial charge in [-0.2, -0.15) is 0 Å². The van der Waals surface area contributed by atoms with Gasteiger partial charge in [0, 0.05) is 0 Å². The van der Waals surface area contributed by atoms with Crippen molar-refractivity contribution in [2.45, 2.75) is 0 Å². The molecule has 0 amide bonds. The van der Waals surface area contributed by atoms with Gasteiger partial charge in [-0.05, 0) is 0 Å². The van der Waals surface area contributed by atoms with Gasteiger partial charge in [0.2, 0.25) is 0 Å². The third-order valence-electron chi connectivity index (χ3n) is 0. The summed E-state index contributed by atoms with van der Waals surface area (Å²) in [6.07, 6.45) is 0. The molecule has 0 atom stereocenters. The van der Waals surface area contributed by atoms with Crippen LogP contribution in [0.4, 0.5) is 0 Å². The maximum atomic E-state index is 8.40. The van der Waals surface area contributed by atoms with Gasteiger partial charge in [0.15, 0.2) is 0 Å². The molecule has 0 spiro atoms. The predicted octanol–water partition coefficient (Wildman–Crippen LogP) is -1.53. The van der Waals surface area contributed by atoms with Gasteiger partial charge in [-0.3, -0.25) is 8.92 Å². The zero-order valence-corrected chi connectivity index (χ0v) is 8.68. The fraction of sp³-hybridized carbons (Fsp3) is 0. The van der Waals surface area contributed by atoms with Crippen molar-refractivity contribution in [1.29, 1.82) is 0 Å². The molecule has 0 aliphatic carbocycles. The zero-order valence-electron chi connectivity index (χ0n) is 4.07. The second-order valence-electron chi connectivity index (χ2n) is 0.0833. The van der Waals surface area contributed by atoms with Crippen molar-refractivity contribution < 1.29 is 57.0 Å². The average Bonchev–Trinajstić information content (AvgIpc) is 0.918. The van der Waals surface area contributed by atoms with E-state index < -0.39 is 9.29 Å². The topological polar surface area (TPSA) is 150 Å². The molecule has 0 saturated heterocycles. The van der Waals surface area contributed by atoms with Gasteiger partial charge < -0.3 is 21.9 Å². The third-order valence-corrected chi connectivity index (χ3v) is 0. The SMILES string of the molecule is O=[Si]=O.[Al+3].[O-2].[O-2].[O-2].[OH-].[Zr+4]. The maximum absolute atomic E-state index is 8.40. The van der Waals surface area contributed by atoms with Crippen LogP contribution in [0.25, 0.3) is 0 Å². The summed E-state index contributed by atoms with van der Waals surface area (Å²) in [5.41, 5.74) is 0. The number of rotatable bonds is 0. The van der Waals surface area contributed by atoms with Crippen LogP contribution in [0.1, 0.15) is 0 Å². The molecule has 6 nitrogen and oxygen atoms in total. The van der Waals surface area contributed by atoms with Gasteiger partial charge in [0.25, 0.3) is 0 Å². The van der Waals surface area contributed by atoms with Crippen LogP contribution in [-0.4, -0.2) is 32.1 Å². The number of hydrogen-bond acceptors (Lipinski definition) is 3. The van der Waals surface area contributed by atoms with Crippen molar-refractivity contribution in [2.75, 3.05) is 0 Å². The molecule has 0 aromatic heterocycles. The minimum Gasteiger partial charge on any atom is -2.00 e. The van der Waals surface area contributed by atoms with Crippen molar-refractivity contribution in [1.82, 2.24) is 0 Å². The summed E-state index contributed by atoms with van der Waals surface area (Å²) < 4.78 is 16.8. The van der Waals surface area contributed by atoms with Crippen molar-refractivity contribution in [2.24, 2.45) is 0 Å². The molecule has 0 aromatic rings. The average molecular weight is 243 g/mol. The molecule has 0 bridgehead atoms. The van der Waals surface area contributed by atoms with Gasteiger partial charge in [0.1, 0.15) is 0 Å². The summed E-state index contributed by atoms with van der Waals surface area (Å²) in [6.45, 7) is 0. The van der Waals surface area contributed by atoms with E-state index in [1.807, 2.05) is 0 Å². The van der Waals surface area contributed by atoms with Crippen molar-refractivity contribution in [3.05, 3.63) is 0 Å². The molecular formula is HAlO6SiZr. The van der Waals surface area contributed by atoms with Crippen LogP contribution in [0.3, 0.4) is 0 Å². The molecular weight excluding hydrogens is 242 g/mol. The molecule has 0 aliphatic rings. The normalized spacial score (nSPS) is 0.889. The molecule has 0 saturated carbocycles. The smallest absolute Gasteiger partial charge is 2.00 e. The Labute approximate surface area is 83.4 Å². The molecule has 0 radical (unpaired) electrons. The van der Waals surface area contributed by atoms with Crippen LogP contribution in [0.15, 0.2) is 0 Å². The number of hydrogen-bond donors (Lipinski definition) is 0. The summed E-state index contributed by atoms with van der Waals surface area (Å²) in [4.78, 5) is 0. The van der Waals surface area contributed by atoms with Gasteiger partial charge in [-0.15, -0.1) is 0 Å². The first kappa shape index (κ1) is 87.8. The van der Waals surface area contributed by atoms with Crippen molar-refractivity contribution >= 4 is 26.7 Å². The van der Waals surface area contributed by atoms with Gasteiger partial charge >= 0.3 is 52.9 Å². The largest absolute Gasteiger partial charge is 4.00 e. The maximum Gasteiger partial charge on any atom is 4.00 e. The zero-order chi connectivity index (χ0) is 2.71. The van der Waals surface area contributed by atoms with E-state index in [0.29, 0.717) is 0 Å². The van der Waals surface area contributed by atoms with E-state index in [-0.39, 0.29) is 65.5 Å². The molecule has 9 heavy (non-hydrogen) atoms. The molecule has 0 unspecified atom stereocenters. The third kappa shape index (κ3) is 395. The summed E-state index contributed by atoms with van der Waals surface area (Å²) in [5, 5.41) is 0. The van der Waals surface area contributed by atoms with E-state index >= 15 is 0 Å². The molecule has 0 aliphatic heterocycles. The van der Waals surface area contributed by atoms with E-state index in [2.05, 4.69) is 0 Å². The van der Waals surface area contributed by atoms with E-state index in [0.717, 1.165) is 0 Å². The van der Waals surface area contributed by atoms with Gasteiger partial charge in [-0.1, -0.05) is 0 Å². The Morgan fingerprint density at radius 1 is 0.889 bits per heavy atom. The fourth-order valence-corrected chi connectivity index (χ4v) is 0. The quantitative estimate of drug-likeness (QED) is 0.474. The Morgan fingerprint density at radius 3 is 0.889 bits per heavy atom. The van der Waals surface area contributed by atoms with E-state index in [9.17, 15) is 0 Å². The molecule has 0 heterocycles. The molecule has 48 valence electrons. The minimum atomic E-state index is -1.42. The standard InChI is InChI=1S/Al.O2Si.H2O.3O.Zr/c;1-3-2;;;;;/h;;1H2;;;;/q+3;;;3*-2;+4/p-1. The van der Waals surface area contributed by atoms with Crippen molar-refractivity contribution in [3.8, 4) is 0 Å². The summed E-state index contributed by atoms with van der Waals surface area (Å²) in [7, 11) is -1.42. The minimum absolute atomic E-state index is 0.